The molecule has 0 radical (unpaired) electrons. The molecule has 1 amide bonds. The molecule has 2 heterocycles. The topological polar surface area (TPSA) is 80.0 Å². The number of nitrogens with one attached hydrogen (secondary N) is 2. The maximum Gasteiger partial charge on any atom is 0.251 e. The number of thiophene rings is 1. The first-order valence-electron chi connectivity index (χ1n) is 5.95. The molecule has 5 nitrogen and oxygen atoms in total. The van der Waals surface area contributed by atoms with Gasteiger partial charge in [-0.15, -0.1) is 11.3 Å². The molecule has 100 valence electrons. The third-order valence-electron chi connectivity index (χ3n) is 2.60. The molecule has 0 atom stereocenters. The normalized spacial score (nSPS) is 10.2. The van der Waals surface area contributed by atoms with E-state index in [1.165, 1.54) is 4.88 Å². The molecule has 4 N–H and O–H groups in total. The van der Waals surface area contributed by atoms with Gasteiger partial charge in [-0.05, 0) is 36.9 Å². The van der Waals surface area contributed by atoms with Crippen molar-refractivity contribution in [2.75, 3.05) is 12.0 Å². The lowest BCUT2D eigenvalue weighted by Gasteiger charge is -2.07. The molecule has 0 aliphatic heterocycles. The second-order valence-electron chi connectivity index (χ2n) is 4.11. The molecular formula is C13H16N4OS. The number of nitrogens with two attached hydrogens (primary N) is 1. The predicted octanol–water partition coefficient (Wildman–Crippen LogP) is 1.71. The Morgan fingerprint density at radius 1 is 1.47 bits per heavy atom. The minimum absolute atomic E-state index is 0.112. The van der Waals surface area contributed by atoms with E-state index in [4.69, 9.17) is 5.84 Å². The van der Waals surface area contributed by atoms with Crippen molar-refractivity contribution >= 4 is 23.1 Å². The van der Waals surface area contributed by atoms with Crippen molar-refractivity contribution in [3.05, 3.63) is 45.8 Å². The van der Waals surface area contributed by atoms with Crippen molar-refractivity contribution in [1.82, 2.24) is 10.3 Å². The van der Waals surface area contributed by atoms with Crippen LogP contribution in [-0.4, -0.2) is 17.4 Å². The van der Waals surface area contributed by atoms with Crippen molar-refractivity contribution in [2.45, 2.75) is 13.3 Å². The summed E-state index contributed by atoms with van der Waals surface area (Å²) in [4.78, 5) is 17.4. The number of aromatic nitrogens is 1. The van der Waals surface area contributed by atoms with Crippen molar-refractivity contribution < 1.29 is 4.79 Å². The fourth-order valence-electron chi connectivity index (χ4n) is 1.73. The van der Waals surface area contributed by atoms with E-state index in [1.807, 2.05) is 18.4 Å². The Bertz CT molecular complexity index is 554. The lowest BCUT2D eigenvalue weighted by molar-refractivity contribution is 0.0954. The molecule has 19 heavy (non-hydrogen) atoms. The Labute approximate surface area is 115 Å². The summed E-state index contributed by atoms with van der Waals surface area (Å²) in [5.41, 5.74) is 3.76. The van der Waals surface area contributed by atoms with E-state index in [-0.39, 0.29) is 5.91 Å². The van der Waals surface area contributed by atoms with Crippen molar-refractivity contribution in [2.24, 2.45) is 5.84 Å². The van der Waals surface area contributed by atoms with Gasteiger partial charge in [0.1, 0.15) is 5.82 Å². The Balaban J connectivity index is 1.94. The quantitative estimate of drug-likeness (QED) is 0.573. The minimum atomic E-state index is -0.112. The van der Waals surface area contributed by atoms with E-state index >= 15 is 0 Å². The van der Waals surface area contributed by atoms with E-state index in [9.17, 15) is 4.79 Å². The fraction of sp³-hybridized carbons (Fsp3) is 0.231. The number of anilines is 1. The molecule has 0 saturated heterocycles. The number of nitrogen functional groups attached to an aromatic ring is 1. The highest BCUT2D eigenvalue weighted by molar-refractivity contribution is 7.09. The summed E-state index contributed by atoms with van der Waals surface area (Å²) in [6, 6.07) is 7.44. The Kier molecular flexibility index (Phi) is 4.48. The van der Waals surface area contributed by atoms with Gasteiger partial charge in [0.15, 0.2) is 0 Å². The highest BCUT2D eigenvalue weighted by Crippen LogP contribution is 2.10. The molecule has 0 bridgehead atoms. The lowest BCUT2D eigenvalue weighted by atomic mass is 10.2. The highest BCUT2D eigenvalue weighted by atomic mass is 32.1. The van der Waals surface area contributed by atoms with Crippen LogP contribution in [0.1, 0.15) is 20.9 Å². The number of carbonyl (C=O) groups excluding carboxylic acids is 1. The zero-order chi connectivity index (χ0) is 13.7. The van der Waals surface area contributed by atoms with Gasteiger partial charge < -0.3 is 10.7 Å². The van der Waals surface area contributed by atoms with Crippen molar-refractivity contribution in [1.29, 1.82) is 0 Å². The van der Waals surface area contributed by atoms with Gasteiger partial charge >= 0.3 is 0 Å². The number of nitrogens with zero attached hydrogens (tertiary/aromatic N) is 1. The van der Waals surface area contributed by atoms with Crippen LogP contribution in [0, 0.1) is 6.92 Å². The molecule has 2 aromatic rings. The van der Waals surface area contributed by atoms with Crippen LogP contribution in [0.25, 0.3) is 0 Å². The van der Waals surface area contributed by atoms with Gasteiger partial charge in [-0.2, -0.15) is 0 Å². The minimum Gasteiger partial charge on any atom is -0.352 e. The first kappa shape index (κ1) is 13.5. The average molecular weight is 276 g/mol. The van der Waals surface area contributed by atoms with Crippen LogP contribution in [0.5, 0.6) is 0 Å². The van der Waals surface area contributed by atoms with Crippen LogP contribution < -0.4 is 16.6 Å². The van der Waals surface area contributed by atoms with E-state index in [2.05, 4.69) is 21.8 Å². The molecule has 0 unspecified atom stereocenters. The highest BCUT2D eigenvalue weighted by Gasteiger charge is 2.08. The molecule has 0 aliphatic carbocycles. The van der Waals surface area contributed by atoms with E-state index in [0.717, 1.165) is 12.1 Å². The maximum atomic E-state index is 12.0. The van der Waals surface area contributed by atoms with Crippen LogP contribution in [0.4, 0.5) is 5.82 Å². The molecule has 0 spiro atoms. The predicted molar refractivity (Wildman–Crippen MR) is 77.1 cm³/mol. The second kappa shape index (κ2) is 6.31. The third-order valence-corrected chi connectivity index (χ3v) is 3.54. The molecule has 2 rings (SSSR count). The van der Waals surface area contributed by atoms with Gasteiger partial charge in [0.05, 0.1) is 0 Å². The molecule has 0 aromatic carbocycles. The van der Waals surface area contributed by atoms with E-state index in [0.29, 0.717) is 17.9 Å². The Morgan fingerprint density at radius 2 is 2.32 bits per heavy atom. The molecule has 0 saturated carbocycles. The SMILES string of the molecule is Cc1cc(C(=O)NCCc2cccs2)cc(NN)n1. The number of hydrogen-bond acceptors (Lipinski definition) is 5. The Hall–Kier alpha value is -1.92. The van der Waals surface area contributed by atoms with Gasteiger partial charge in [0.25, 0.3) is 5.91 Å². The number of amides is 1. The van der Waals surface area contributed by atoms with Gasteiger partial charge in [-0.25, -0.2) is 10.8 Å². The number of aryl methyl sites for hydroxylation is 1. The summed E-state index contributed by atoms with van der Waals surface area (Å²) in [5, 5.41) is 4.92. The first-order valence-corrected chi connectivity index (χ1v) is 6.83. The van der Waals surface area contributed by atoms with Crippen molar-refractivity contribution in [3.8, 4) is 0 Å². The number of carbonyl (C=O) groups is 1. The van der Waals surface area contributed by atoms with Crippen LogP contribution in [0.2, 0.25) is 0 Å². The number of hydrogen-bond donors (Lipinski definition) is 3. The third kappa shape index (κ3) is 3.77. The zero-order valence-corrected chi connectivity index (χ0v) is 11.5. The van der Waals surface area contributed by atoms with Gasteiger partial charge in [0.2, 0.25) is 0 Å². The van der Waals surface area contributed by atoms with Gasteiger partial charge in [-0.1, -0.05) is 6.07 Å². The summed E-state index contributed by atoms with van der Waals surface area (Å²) in [6.07, 6.45) is 0.843. The smallest absolute Gasteiger partial charge is 0.251 e. The van der Waals surface area contributed by atoms with E-state index < -0.39 is 0 Å². The number of rotatable bonds is 5. The van der Waals surface area contributed by atoms with Crippen molar-refractivity contribution in [3.63, 3.8) is 0 Å². The molecule has 2 aromatic heterocycles. The monoisotopic (exact) mass is 276 g/mol. The summed E-state index contributed by atoms with van der Waals surface area (Å²) < 4.78 is 0. The van der Waals surface area contributed by atoms with E-state index in [1.54, 1.807) is 23.5 Å². The standard InChI is InChI=1S/C13H16N4OS/c1-9-7-10(8-12(16-9)17-14)13(18)15-5-4-11-3-2-6-19-11/h2-3,6-8H,4-5,14H2,1H3,(H,15,18)(H,16,17). The fourth-order valence-corrected chi connectivity index (χ4v) is 2.44. The maximum absolute atomic E-state index is 12.0. The number of hydrazine groups is 1. The average Bonchev–Trinajstić information content (AvgIpc) is 2.91. The summed E-state index contributed by atoms with van der Waals surface area (Å²) in [6.45, 7) is 2.44. The first-order chi connectivity index (χ1) is 9.19. The van der Waals surface area contributed by atoms with Crippen LogP contribution in [-0.2, 0) is 6.42 Å². The Morgan fingerprint density at radius 3 is 3.00 bits per heavy atom. The molecule has 6 heteroatoms. The largest absolute Gasteiger partial charge is 0.352 e. The number of pyridine rings is 1. The lowest BCUT2D eigenvalue weighted by Crippen LogP contribution is -2.26. The van der Waals surface area contributed by atoms with Crippen LogP contribution in [0.3, 0.4) is 0 Å². The molecule has 0 aliphatic rings. The van der Waals surface area contributed by atoms with Gasteiger partial charge in [-0.3, -0.25) is 4.79 Å². The molecular weight excluding hydrogens is 260 g/mol. The van der Waals surface area contributed by atoms with Crippen LogP contribution >= 0.6 is 11.3 Å². The summed E-state index contributed by atoms with van der Waals surface area (Å²) >= 11 is 1.69. The van der Waals surface area contributed by atoms with Gasteiger partial charge in [0, 0.05) is 22.7 Å². The summed E-state index contributed by atoms with van der Waals surface area (Å²) in [5.74, 6) is 5.69. The van der Waals surface area contributed by atoms with Crippen LogP contribution in [0.15, 0.2) is 29.6 Å². The summed E-state index contributed by atoms with van der Waals surface area (Å²) in [7, 11) is 0. The molecule has 0 fully saturated rings. The zero-order valence-electron chi connectivity index (χ0n) is 10.6. The second-order valence-corrected chi connectivity index (χ2v) is 5.14.